The fourth-order valence-corrected chi connectivity index (χ4v) is 2.56. The summed E-state index contributed by atoms with van der Waals surface area (Å²) >= 11 is 0. The number of aryl methyl sites for hydroxylation is 1. The van der Waals surface area contributed by atoms with E-state index in [2.05, 4.69) is 9.97 Å². The molecule has 0 aromatic carbocycles. The largest absolute Gasteiger partial charge is 0.387 e. The highest BCUT2D eigenvalue weighted by Crippen LogP contribution is 2.32. The summed E-state index contributed by atoms with van der Waals surface area (Å²) in [7, 11) is 1.53. The second-order valence-electron chi connectivity index (χ2n) is 4.92. The van der Waals surface area contributed by atoms with Crippen LogP contribution >= 0.6 is 0 Å². The lowest BCUT2D eigenvalue weighted by Gasteiger charge is -2.17. The van der Waals surface area contributed by atoms with E-state index < -0.39 is 24.5 Å². The Bertz CT molecular complexity index is 615. The van der Waals surface area contributed by atoms with Gasteiger partial charge < -0.3 is 24.3 Å². The Hall–Kier alpha value is -1.54. The molecule has 1 fully saturated rings. The van der Waals surface area contributed by atoms with Gasteiger partial charge in [-0.2, -0.15) is 0 Å². The summed E-state index contributed by atoms with van der Waals surface area (Å²) in [5.41, 5.74) is 1.53. The number of fused-ring (bicyclic) bond motifs is 1. The van der Waals surface area contributed by atoms with Gasteiger partial charge in [0, 0.05) is 18.7 Å². The van der Waals surface area contributed by atoms with Crippen molar-refractivity contribution >= 4 is 11.0 Å². The molecule has 4 atom stereocenters. The zero-order chi connectivity index (χ0) is 14.3. The van der Waals surface area contributed by atoms with Crippen LogP contribution in [0.25, 0.3) is 11.0 Å². The van der Waals surface area contributed by atoms with Crippen molar-refractivity contribution in [3.63, 3.8) is 0 Å². The van der Waals surface area contributed by atoms with Crippen LogP contribution in [0.3, 0.4) is 0 Å². The quantitative estimate of drug-likeness (QED) is 0.822. The third-order valence-electron chi connectivity index (χ3n) is 3.65. The first kappa shape index (κ1) is 13.4. The highest BCUT2D eigenvalue weighted by molar-refractivity contribution is 5.78. The molecule has 7 heteroatoms. The summed E-state index contributed by atoms with van der Waals surface area (Å²) in [5, 5.41) is 21.0. The SMILES string of the molecule is COC[C@H]1O[C@@H](n2ccc3c(C)ncnc32)[C@H](O)[C@@H]1O. The second kappa shape index (κ2) is 5.10. The van der Waals surface area contributed by atoms with E-state index in [0.717, 1.165) is 11.1 Å². The van der Waals surface area contributed by atoms with Crippen LogP contribution in [-0.4, -0.2) is 56.8 Å². The normalized spacial score (nSPS) is 30.2. The minimum absolute atomic E-state index is 0.224. The van der Waals surface area contributed by atoms with Gasteiger partial charge in [0.1, 0.15) is 30.3 Å². The molecular formula is C13H17N3O4. The van der Waals surface area contributed by atoms with Gasteiger partial charge in [-0.05, 0) is 13.0 Å². The molecule has 2 aromatic heterocycles. The molecule has 1 aliphatic heterocycles. The molecule has 0 spiro atoms. The van der Waals surface area contributed by atoms with Gasteiger partial charge in [-0.25, -0.2) is 9.97 Å². The monoisotopic (exact) mass is 279 g/mol. The van der Waals surface area contributed by atoms with Crippen molar-refractivity contribution in [1.29, 1.82) is 0 Å². The molecule has 0 amide bonds. The Morgan fingerprint density at radius 3 is 2.90 bits per heavy atom. The molecule has 20 heavy (non-hydrogen) atoms. The average Bonchev–Trinajstić information content (AvgIpc) is 2.97. The highest BCUT2D eigenvalue weighted by atomic mass is 16.6. The van der Waals surface area contributed by atoms with Crippen LogP contribution in [0, 0.1) is 6.92 Å². The molecule has 3 rings (SSSR count). The van der Waals surface area contributed by atoms with E-state index in [1.165, 1.54) is 13.4 Å². The van der Waals surface area contributed by atoms with Gasteiger partial charge in [0.25, 0.3) is 0 Å². The second-order valence-corrected chi connectivity index (χ2v) is 4.92. The van der Waals surface area contributed by atoms with Crippen LogP contribution < -0.4 is 0 Å². The van der Waals surface area contributed by atoms with Crippen molar-refractivity contribution in [3.8, 4) is 0 Å². The van der Waals surface area contributed by atoms with E-state index in [1.807, 2.05) is 13.0 Å². The van der Waals surface area contributed by atoms with Gasteiger partial charge in [-0.3, -0.25) is 0 Å². The van der Waals surface area contributed by atoms with Gasteiger partial charge in [-0.1, -0.05) is 0 Å². The number of ether oxygens (including phenoxy) is 2. The van der Waals surface area contributed by atoms with Crippen molar-refractivity contribution < 1.29 is 19.7 Å². The molecule has 108 valence electrons. The standard InChI is InChI=1S/C13H17N3O4/c1-7-8-3-4-16(12(8)15-6-14-7)13-11(18)10(17)9(20-13)5-19-2/h3-4,6,9-11,13,17-18H,5H2,1-2H3/t9-,10-,11-,13-/m1/s1. The summed E-state index contributed by atoms with van der Waals surface area (Å²) in [6, 6.07) is 1.87. The molecule has 0 saturated carbocycles. The van der Waals surface area contributed by atoms with Crippen LogP contribution in [-0.2, 0) is 9.47 Å². The van der Waals surface area contributed by atoms with Gasteiger partial charge in [-0.15, -0.1) is 0 Å². The first-order valence-electron chi connectivity index (χ1n) is 6.42. The minimum atomic E-state index is -1.03. The zero-order valence-corrected chi connectivity index (χ0v) is 11.3. The summed E-state index contributed by atoms with van der Waals surface area (Å²) in [6.45, 7) is 2.12. The molecule has 1 aliphatic rings. The summed E-state index contributed by atoms with van der Waals surface area (Å²) in [5.74, 6) is 0. The topological polar surface area (TPSA) is 89.6 Å². The van der Waals surface area contributed by atoms with Crippen molar-refractivity contribution in [2.75, 3.05) is 13.7 Å². The Morgan fingerprint density at radius 1 is 1.35 bits per heavy atom. The van der Waals surface area contributed by atoms with Crippen molar-refractivity contribution in [2.24, 2.45) is 0 Å². The molecule has 0 unspecified atom stereocenters. The third kappa shape index (κ3) is 1.99. The number of methoxy groups -OCH3 is 1. The number of aliphatic hydroxyl groups is 2. The first-order chi connectivity index (χ1) is 9.63. The van der Waals surface area contributed by atoms with Gasteiger partial charge in [0.15, 0.2) is 6.23 Å². The van der Waals surface area contributed by atoms with E-state index in [4.69, 9.17) is 9.47 Å². The smallest absolute Gasteiger partial charge is 0.164 e. The van der Waals surface area contributed by atoms with E-state index in [1.54, 1.807) is 10.8 Å². The van der Waals surface area contributed by atoms with Gasteiger partial charge >= 0.3 is 0 Å². The van der Waals surface area contributed by atoms with Crippen molar-refractivity contribution in [3.05, 3.63) is 24.3 Å². The van der Waals surface area contributed by atoms with Crippen LogP contribution in [0.2, 0.25) is 0 Å². The molecule has 1 saturated heterocycles. The predicted molar refractivity (Wildman–Crippen MR) is 70.1 cm³/mol. The number of aliphatic hydroxyl groups excluding tert-OH is 2. The molecule has 2 aromatic rings. The average molecular weight is 279 g/mol. The Morgan fingerprint density at radius 2 is 2.15 bits per heavy atom. The molecule has 0 radical (unpaired) electrons. The number of aromatic nitrogens is 3. The summed E-state index contributed by atoms with van der Waals surface area (Å²) in [4.78, 5) is 8.35. The molecule has 0 aliphatic carbocycles. The summed E-state index contributed by atoms with van der Waals surface area (Å²) < 4.78 is 12.4. The molecular weight excluding hydrogens is 262 g/mol. The van der Waals surface area contributed by atoms with Gasteiger partial charge in [0.2, 0.25) is 0 Å². The van der Waals surface area contributed by atoms with Crippen LogP contribution in [0.4, 0.5) is 0 Å². The number of nitrogens with zero attached hydrogens (tertiary/aromatic N) is 3. The van der Waals surface area contributed by atoms with Crippen molar-refractivity contribution in [1.82, 2.24) is 14.5 Å². The Labute approximate surface area is 115 Å². The van der Waals surface area contributed by atoms with E-state index in [0.29, 0.717) is 5.65 Å². The Balaban J connectivity index is 1.97. The number of rotatable bonds is 3. The number of hydrogen-bond donors (Lipinski definition) is 2. The molecule has 0 bridgehead atoms. The predicted octanol–water partition coefficient (Wildman–Crippen LogP) is 0.00532. The van der Waals surface area contributed by atoms with E-state index in [-0.39, 0.29) is 6.61 Å². The lowest BCUT2D eigenvalue weighted by atomic mass is 10.1. The lowest BCUT2D eigenvalue weighted by molar-refractivity contribution is -0.0577. The zero-order valence-electron chi connectivity index (χ0n) is 11.3. The third-order valence-corrected chi connectivity index (χ3v) is 3.65. The number of hydrogen-bond acceptors (Lipinski definition) is 6. The molecule has 7 nitrogen and oxygen atoms in total. The molecule has 3 heterocycles. The fraction of sp³-hybridized carbons (Fsp3) is 0.538. The molecule has 2 N–H and O–H groups in total. The maximum atomic E-state index is 10.2. The first-order valence-corrected chi connectivity index (χ1v) is 6.42. The van der Waals surface area contributed by atoms with Crippen LogP contribution in [0.5, 0.6) is 0 Å². The minimum Gasteiger partial charge on any atom is -0.387 e. The summed E-state index contributed by atoms with van der Waals surface area (Å²) in [6.07, 6.45) is -0.000518. The lowest BCUT2D eigenvalue weighted by Crippen LogP contribution is -2.33. The maximum Gasteiger partial charge on any atom is 0.164 e. The van der Waals surface area contributed by atoms with Crippen LogP contribution in [0.15, 0.2) is 18.6 Å². The van der Waals surface area contributed by atoms with E-state index in [9.17, 15) is 10.2 Å². The maximum absolute atomic E-state index is 10.2. The van der Waals surface area contributed by atoms with Crippen molar-refractivity contribution in [2.45, 2.75) is 31.5 Å². The fourth-order valence-electron chi connectivity index (χ4n) is 2.56. The van der Waals surface area contributed by atoms with Gasteiger partial charge in [0.05, 0.1) is 12.3 Å². The van der Waals surface area contributed by atoms with Crippen LogP contribution in [0.1, 0.15) is 11.9 Å². The highest BCUT2D eigenvalue weighted by Gasteiger charge is 2.44. The Kier molecular flexibility index (Phi) is 3.43. The van der Waals surface area contributed by atoms with E-state index >= 15 is 0 Å².